The van der Waals surface area contributed by atoms with Gasteiger partial charge in [-0.1, -0.05) is 50.1 Å². The van der Waals surface area contributed by atoms with Gasteiger partial charge in [0.25, 0.3) is 5.91 Å². The fourth-order valence-corrected chi connectivity index (χ4v) is 5.87. The van der Waals surface area contributed by atoms with Crippen LogP contribution in [-0.4, -0.2) is 42.0 Å². The molecule has 2 fully saturated rings. The summed E-state index contributed by atoms with van der Waals surface area (Å²) in [6, 6.07) is 22.9. The monoisotopic (exact) mass is 454 g/mol. The Morgan fingerprint density at radius 1 is 1.00 bits per heavy atom. The van der Waals surface area contributed by atoms with Crippen molar-refractivity contribution < 1.29 is 4.79 Å². The Hall–Kier alpha value is -3.18. The molecule has 2 aromatic carbocycles. The Bertz CT molecular complexity index is 1100. The fraction of sp³-hybridized carbons (Fsp3) is 0.379. The lowest BCUT2D eigenvalue weighted by molar-refractivity contribution is 0.0243. The number of aromatic nitrogens is 1. The van der Waals surface area contributed by atoms with Gasteiger partial charge in [0, 0.05) is 55.5 Å². The van der Waals surface area contributed by atoms with E-state index in [1.807, 2.05) is 6.07 Å². The van der Waals surface area contributed by atoms with Crippen molar-refractivity contribution in [3.05, 3.63) is 90.3 Å². The van der Waals surface area contributed by atoms with Crippen molar-refractivity contribution in [2.45, 2.75) is 38.1 Å². The van der Waals surface area contributed by atoms with Crippen LogP contribution >= 0.6 is 0 Å². The number of nitrogens with zero attached hydrogens (tertiary/aromatic N) is 3. The van der Waals surface area contributed by atoms with E-state index in [4.69, 9.17) is 0 Å². The number of carbonyl (C=O) groups is 1. The van der Waals surface area contributed by atoms with Gasteiger partial charge >= 0.3 is 0 Å². The zero-order chi connectivity index (χ0) is 23.4. The van der Waals surface area contributed by atoms with Gasteiger partial charge in [0.15, 0.2) is 0 Å². The molecule has 0 bridgehead atoms. The van der Waals surface area contributed by atoms with E-state index in [1.54, 1.807) is 24.5 Å². The van der Waals surface area contributed by atoms with Crippen LogP contribution in [0.2, 0.25) is 0 Å². The third kappa shape index (κ3) is 4.71. The summed E-state index contributed by atoms with van der Waals surface area (Å²) in [5.41, 5.74) is 4.09. The number of carbonyl (C=O) groups excluding carboxylic acids is 1. The lowest BCUT2D eigenvalue weighted by Crippen LogP contribution is -2.57. The quantitative estimate of drug-likeness (QED) is 0.548. The summed E-state index contributed by atoms with van der Waals surface area (Å²) in [6.07, 6.45) is 8.16. The molecule has 5 nitrogen and oxygen atoms in total. The standard InChI is InChI=1S/C29H34N4O/c1-23-8-6-14-29(21-23,33-18-16-32(17-19-33)27-12-3-2-4-13-27)25-10-5-11-26(20-25)31-28(34)24-9-7-15-30-22-24/h2-5,7,9-13,15,20,22-23H,6,8,14,16-19,21H2,1H3,(H,31,34)/t23?,29-/m0/s1. The molecule has 5 heteroatoms. The summed E-state index contributed by atoms with van der Waals surface area (Å²) < 4.78 is 0. The molecule has 1 N–H and O–H groups in total. The molecule has 3 aromatic rings. The molecule has 2 heterocycles. The molecule has 2 atom stereocenters. The molecule has 1 unspecified atom stereocenters. The molecular weight excluding hydrogens is 420 g/mol. The van der Waals surface area contributed by atoms with Gasteiger partial charge in [-0.2, -0.15) is 0 Å². The van der Waals surface area contributed by atoms with E-state index in [-0.39, 0.29) is 11.4 Å². The van der Waals surface area contributed by atoms with Crippen LogP contribution in [0, 0.1) is 5.92 Å². The van der Waals surface area contributed by atoms with Gasteiger partial charge < -0.3 is 10.2 Å². The predicted molar refractivity (Wildman–Crippen MR) is 138 cm³/mol. The van der Waals surface area contributed by atoms with E-state index in [0.29, 0.717) is 11.5 Å². The Kier molecular flexibility index (Phi) is 6.63. The first-order valence-corrected chi connectivity index (χ1v) is 12.5. The number of anilines is 2. The van der Waals surface area contributed by atoms with Crippen LogP contribution in [-0.2, 0) is 5.54 Å². The van der Waals surface area contributed by atoms with Gasteiger partial charge in [0.05, 0.1) is 5.56 Å². The minimum Gasteiger partial charge on any atom is -0.369 e. The number of benzene rings is 2. The number of amides is 1. The van der Waals surface area contributed by atoms with Crippen LogP contribution in [0.15, 0.2) is 79.1 Å². The number of pyridine rings is 1. The maximum absolute atomic E-state index is 12.7. The number of piperazine rings is 1. The molecule has 1 aromatic heterocycles. The average Bonchev–Trinajstić information content (AvgIpc) is 2.90. The first-order chi connectivity index (χ1) is 16.6. The Morgan fingerprint density at radius 2 is 1.82 bits per heavy atom. The summed E-state index contributed by atoms with van der Waals surface area (Å²) in [6.45, 7) is 6.57. The maximum Gasteiger partial charge on any atom is 0.257 e. The molecule has 1 amide bonds. The van der Waals surface area contributed by atoms with E-state index < -0.39 is 0 Å². The van der Waals surface area contributed by atoms with Gasteiger partial charge in [0.1, 0.15) is 0 Å². The van der Waals surface area contributed by atoms with E-state index in [2.05, 4.69) is 75.6 Å². The number of nitrogens with one attached hydrogen (secondary N) is 1. The van der Waals surface area contributed by atoms with Crippen LogP contribution in [0.1, 0.15) is 48.5 Å². The van der Waals surface area contributed by atoms with Crippen molar-refractivity contribution in [1.82, 2.24) is 9.88 Å². The smallest absolute Gasteiger partial charge is 0.257 e. The molecule has 34 heavy (non-hydrogen) atoms. The second-order valence-electron chi connectivity index (χ2n) is 9.82. The van der Waals surface area contributed by atoms with Crippen molar-refractivity contribution in [2.75, 3.05) is 36.4 Å². The first-order valence-electron chi connectivity index (χ1n) is 12.5. The molecule has 176 valence electrons. The van der Waals surface area contributed by atoms with E-state index in [1.165, 1.54) is 36.9 Å². The fourth-order valence-electron chi connectivity index (χ4n) is 5.87. The average molecular weight is 455 g/mol. The van der Waals surface area contributed by atoms with Crippen LogP contribution in [0.4, 0.5) is 11.4 Å². The third-order valence-electron chi connectivity index (χ3n) is 7.56. The van der Waals surface area contributed by atoms with Crippen molar-refractivity contribution in [2.24, 2.45) is 5.92 Å². The second-order valence-corrected chi connectivity index (χ2v) is 9.82. The molecule has 1 saturated heterocycles. The van der Waals surface area contributed by atoms with Gasteiger partial charge in [-0.15, -0.1) is 0 Å². The summed E-state index contributed by atoms with van der Waals surface area (Å²) in [5.74, 6) is 0.572. The van der Waals surface area contributed by atoms with Gasteiger partial charge in [-0.05, 0) is 60.7 Å². The van der Waals surface area contributed by atoms with E-state index in [9.17, 15) is 4.79 Å². The van der Waals surface area contributed by atoms with Gasteiger partial charge in [0.2, 0.25) is 0 Å². The zero-order valence-corrected chi connectivity index (χ0v) is 20.0. The lowest BCUT2D eigenvalue weighted by Gasteiger charge is -2.52. The SMILES string of the molecule is CC1CCC[C@](c2cccc(NC(=O)c3cccnc3)c2)(N2CCN(c3ccccc3)CC2)C1. The highest BCUT2D eigenvalue weighted by molar-refractivity contribution is 6.04. The van der Waals surface area contributed by atoms with Crippen LogP contribution < -0.4 is 10.2 Å². The summed E-state index contributed by atoms with van der Waals surface area (Å²) in [7, 11) is 0. The van der Waals surface area contributed by atoms with Crippen LogP contribution in [0.3, 0.4) is 0 Å². The molecule has 1 saturated carbocycles. The van der Waals surface area contributed by atoms with Crippen molar-refractivity contribution in [3.8, 4) is 0 Å². The topological polar surface area (TPSA) is 48.5 Å². The second kappa shape index (κ2) is 9.98. The van der Waals surface area contributed by atoms with Crippen molar-refractivity contribution >= 4 is 17.3 Å². The van der Waals surface area contributed by atoms with Gasteiger partial charge in [-0.3, -0.25) is 14.7 Å². The molecule has 0 radical (unpaired) electrons. The van der Waals surface area contributed by atoms with E-state index >= 15 is 0 Å². The minimum atomic E-state index is -0.118. The minimum absolute atomic E-state index is 0.0233. The molecule has 0 spiro atoms. The van der Waals surface area contributed by atoms with Crippen LogP contribution in [0.5, 0.6) is 0 Å². The summed E-state index contributed by atoms with van der Waals surface area (Å²) in [5, 5.41) is 3.09. The van der Waals surface area contributed by atoms with Crippen LogP contribution in [0.25, 0.3) is 0 Å². The number of rotatable bonds is 5. The Morgan fingerprint density at radius 3 is 2.56 bits per heavy atom. The Balaban J connectivity index is 1.38. The zero-order valence-electron chi connectivity index (χ0n) is 20.0. The lowest BCUT2D eigenvalue weighted by atomic mass is 9.71. The largest absolute Gasteiger partial charge is 0.369 e. The van der Waals surface area contributed by atoms with Gasteiger partial charge in [-0.25, -0.2) is 0 Å². The number of hydrogen-bond donors (Lipinski definition) is 1. The highest BCUT2D eigenvalue weighted by atomic mass is 16.1. The van der Waals surface area contributed by atoms with Crippen molar-refractivity contribution in [1.29, 1.82) is 0 Å². The maximum atomic E-state index is 12.7. The molecule has 5 rings (SSSR count). The normalized spacial score (nSPS) is 23.4. The molecule has 2 aliphatic rings. The van der Waals surface area contributed by atoms with Crippen molar-refractivity contribution in [3.63, 3.8) is 0 Å². The highest BCUT2D eigenvalue weighted by Gasteiger charge is 2.42. The summed E-state index contributed by atoms with van der Waals surface area (Å²) >= 11 is 0. The van der Waals surface area contributed by atoms with E-state index in [0.717, 1.165) is 31.9 Å². The molecule has 1 aliphatic carbocycles. The summed E-state index contributed by atoms with van der Waals surface area (Å²) in [4.78, 5) is 22.0. The molecular formula is C29H34N4O. The number of para-hydroxylation sites is 1. The predicted octanol–water partition coefficient (Wildman–Crippen LogP) is 5.56. The highest BCUT2D eigenvalue weighted by Crippen LogP contribution is 2.45. The number of hydrogen-bond acceptors (Lipinski definition) is 4. The Labute approximate surface area is 202 Å². The molecule has 1 aliphatic heterocycles. The first kappa shape index (κ1) is 22.6. The third-order valence-corrected chi connectivity index (χ3v) is 7.56.